The number of rotatable bonds is 4. The van der Waals surface area contributed by atoms with Gasteiger partial charge in [0.05, 0.1) is 5.54 Å². The van der Waals surface area contributed by atoms with Crippen molar-refractivity contribution < 1.29 is 0 Å². The lowest BCUT2D eigenvalue weighted by Gasteiger charge is -2.33. The summed E-state index contributed by atoms with van der Waals surface area (Å²) in [6.07, 6.45) is 2.09. The van der Waals surface area contributed by atoms with Crippen LogP contribution in [0.3, 0.4) is 0 Å². The molecule has 4 rings (SSSR count). The van der Waals surface area contributed by atoms with Gasteiger partial charge < -0.3 is 10.3 Å². The highest BCUT2D eigenvalue weighted by Gasteiger charge is 2.31. The lowest BCUT2D eigenvalue weighted by molar-refractivity contribution is 0.666. The van der Waals surface area contributed by atoms with Gasteiger partial charge in [-0.1, -0.05) is 60.1 Å². The van der Waals surface area contributed by atoms with Crippen molar-refractivity contribution in [1.29, 1.82) is 0 Å². The molecule has 0 spiro atoms. The number of fused-ring (bicyclic) bond motifs is 1. The van der Waals surface area contributed by atoms with E-state index in [0.717, 1.165) is 21.8 Å². The Balaban J connectivity index is 1.90. The first kappa shape index (κ1) is 15.8. The summed E-state index contributed by atoms with van der Waals surface area (Å²) in [6.45, 7) is 2.21. The number of hydrogen-bond acceptors (Lipinski definition) is 1. The summed E-state index contributed by atoms with van der Waals surface area (Å²) in [5.41, 5.74) is 4.17. The van der Waals surface area contributed by atoms with E-state index in [4.69, 9.17) is 11.6 Å². The number of aromatic amines is 1. The largest absolute Gasteiger partial charge is 0.372 e. The number of halogens is 1. The topological polar surface area (TPSA) is 27.8 Å². The number of hydrogen-bond donors (Lipinski definition) is 2. The lowest BCUT2D eigenvalue weighted by Crippen LogP contribution is -2.33. The highest BCUT2D eigenvalue weighted by Crippen LogP contribution is 2.37. The fourth-order valence-corrected chi connectivity index (χ4v) is 3.50. The molecule has 1 unspecified atom stereocenters. The van der Waals surface area contributed by atoms with E-state index in [1.807, 2.05) is 36.4 Å². The summed E-state index contributed by atoms with van der Waals surface area (Å²) < 4.78 is 0. The van der Waals surface area contributed by atoms with Gasteiger partial charge in [0.25, 0.3) is 0 Å². The van der Waals surface area contributed by atoms with Gasteiger partial charge in [-0.2, -0.15) is 0 Å². The molecular weight excluding hydrogens is 328 g/mol. The highest BCUT2D eigenvalue weighted by molar-refractivity contribution is 6.30. The molecule has 0 radical (unpaired) electrons. The van der Waals surface area contributed by atoms with Crippen molar-refractivity contribution in [2.45, 2.75) is 12.5 Å². The molecule has 0 aliphatic rings. The average Bonchev–Trinajstić information content (AvgIpc) is 3.08. The Morgan fingerprint density at radius 3 is 2.28 bits per heavy atom. The van der Waals surface area contributed by atoms with Crippen LogP contribution in [0.5, 0.6) is 0 Å². The smallest absolute Gasteiger partial charge is 0.0871 e. The minimum Gasteiger partial charge on any atom is -0.372 e. The number of benzene rings is 3. The van der Waals surface area contributed by atoms with Crippen LogP contribution in [0.1, 0.15) is 18.1 Å². The molecule has 2 N–H and O–H groups in total. The summed E-state index contributed by atoms with van der Waals surface area (Å²) in [4.78, 5) is 3.39. The molecule has 0 saturated carbocycles. The van der Waals surface area contributed by atoms with Crippen molar-refractivity contribution >= 4 is 28.2 Å². The summed E-state index contributed by atoms with van der Waals surface area (Å²) in [7, 11) is 0. The molecule has 1 aromatic heterocycles. The van der Waals surface area contributed by atoms with Crippen LogP contribution in [0, 0.1) is 0 Å². The molecule has 1 heterocycles. The summed E-state index contributed by atoms with van der Waals surface area (Å²) in [5.74, 6) is 0. The minimum atomic E-state index is -0.397. The van der Waals surface area contributed by atoms with Gasteiger partial charge in [-0.25, -0.2) is 0 Å². The Morgan fingerprint density at radius 2 is 1.52 bits per heavy atom. The van der Waals surface area contributed by atoms with Crippen LogP contribution < -0.4 is 5.32 Å². The van der Waals surface area contributed by atoms with Gasteiger partial charge in [-0.3, -0.25) is 0 Å². The second kappa shape index (κ2) is 6.30. The molecule has 0 bridgehead atoms. The monoisotopic (exact) mass is 346 g/mol. The Kier molecular flexibility index (Phi) is 3.98. The fraction of sp³-hybridized carbons (Fsp3) is 0.0909. The number of H-pyrrole nitrogens is 1. The maximum atomic E-state index is 6.12. The van der Waals surface area contributed by atoms with E-state index in [-0.39, 0.29) is 0 Å². The van der Waals surface area contributed by atoms with E-state index in [2.05, 4.69) is 65.9 Å². The van der Waals surface area contributed by atoms with Crippen molar-refractivity contribution in [2.24, 2.45) is 0 Å². The molecule has 2 nitrogen and oxygen atoms in total. The minimum absolute atomic E-state index is 0.397. The molecule has 124 valence electrons. The van der Waals surface area contributed by atoms with Crippen LogP contribution in [-0.4, -0.2) is 4.98 Å². The van der Waals surface area contributed by atoms with Gasteiger partial charge in [-0.05, 0) is 42.8 Å². The van der Waals surface area contributed by atoms with Crippen LogP contribution in [0.2, 0.25) is 5.02 Å². The summed E-state index contributed by atoms with van der Waals surface area (Å²) in [6, 6.07) is 26.7. The number of aromatic nitrogens is 1. The normalized spacial score (nSPS) is 13.5. The number of anilines is 1. The Labute approximate surface area is 152 Å². The first-order valence-electron chi connectivity index (χ1n) is 8.33. The van der Waals surface area contributed by atoms with Gasteiger partial charge in [-0.15, -0.1) is 0 Å². The molecule has 3 aromatic carbocycles. The van der Waals surface area contributed by atoms with Crippen molar-refractivity contribution in [1.82, 2.24) is 4.98 Å². The standard InChI is InChI=1S/C22H19ClN2/c1-22(16-11-13-17(23)14-12-16,25-18-7-3-2-4-8-18)20-15-24-21-10-6-5-9-19(20)21/h2-15,24-25H,1H3. The lowest BCUT2D eigenvalue weighted by atomic mass is 9.84. The zero-order valence-corrected chi connectivity index (χ0v) is 14.7. The van der Waals surface area contributed by atoms with E-state index in [9.17, 15) is 0 Å². The molecule has 0 aliphatic carbocycles. The number of nitrogens with one attached hydrogen (secondary N) is 2. The van der Waals surface area contributed by atoms with Crippen LogP contribution in [0.4, 0.5) is 5.69 Å². The van der Waals surface area contributed by atoms with E-state index in [1.165, 1.54) is 10.9 Å². The first-order chi connectivity index (χ1) is 12.2. The summed E-state index contributed by atoms with van der Waals surface area (Å²) >= 11 is 6.12. The second-order valence-electron chi connectivity index (χ2n) is 6.37. The van der Waals surface area contributed by atoms with Crippen molar-refractivity contribution in [3.05, 3.63) is 101 Å². The third kappa shape index (κ3) is 2.90. The molecule has 0 amide bonds. The zero-order chi connectivity index (χ0) is 17.3. The molecule has 4 aromatic rings. The van der Waals surface area contributed by atoms with Gasteiger partial charge >= 0.3 is 0 Å². The Bertz CT molecular complexity index is 989. The third-order valence-electron chi connectivity index (χ3n) is 4.72. The van der Waals surface area contributed by atoms with Crippen LogP contribution >= 0.6 is 11.6 Å². The SMILES string of the molecule is CC(Nc1ccccc1)(c1ccc(Cl)cc1)c1c[nH]c2ccccc12. The van der Waals surface area contributed by atoms with Gasteiger partial charge in [0.2, 0.25) is 0 Å². The average molecular weight is 347 g/mol. The molecule has 25 heavy (non-hydrogen) atoms. The quantitative estimate of drug-likeness (QED) is 0.452. The maximum absolute atomic E-state index is 6.12. The Morgan fingerprint density at radius 1 is 0.840 bits per heavy atom. The Hall–Kier alpha value is -2.71. The van der Waals surface area contributed by atoms with E-state index >= 15 is 0 Å². The third-order valence-corrected chi connectivity index (χ3v) is 4.97. The molecular formula is C22H19ClN2. The zero-order valence-electron chi connectivity index (χ0n) is 14.0. The first-order valence-corrected chi connectivity index (χ1v) is 8.70. The van der Waals surface area contributed by atoms with Crippen LogP contribution in [0.25, 0.3) is 10.9 Å². The van der Waals surface area contributed by atoms with Crippen molar-refractivity contribution in [2.75, 3.05) is 5.32 Å². The molecule has 1 atom stereocenters. The summed E-state index contributed by atoms with van der Waals surface area (Å²) in [5, 5.41) is 5.67. The molecule has 3 heteroatoms. The number of para-hydroxylation sites is 2. The van der Waals surface area contributed by atoms with E-state index in [1.54, 1.807) is 0 Å². The van der Waals surface area contributed by atoms with Gasteiger partial charge in [0, 0.05) is 33.4 Å². The molecule has 0 saturated heterocycles. The highest BCUT2D eigenvalue weighted by atomic mass is 35.5. The molecule has 0 aliphatic heterocycles. The molecule has 0 fully saturated rings. The van der Waals surface area contributed by atoms with E-state index < -0.39 is 5.54 Å². The van der Waals surface area contributed by atoms with Crippen molar-refractivity contribution in [3.8, 4) is 0 Å². The van der Waals surface area contributed by atoms with Gasteiger partial charge in [0.15, 0.2) is 0 Å². The van der Waals surface area contributed by atoms with Crippen LogP contribution in [0.15, 0.2) is 85.1 Å². The van der Waals surface area contributed by atoms with Gasteiger partial charge in [0.1, 0.15) is 0 Å². The van der Waals surface area contributed by atoms with Crippen LogP contribution in [-0.2, 0) is 5.54 Å². The van der Waals surface area contributed by atoms with E-state index in [0.29, 0.717) is 0 Å². The maximum Gasteiger partial charge on any atom is 0.0871 e. The second-order valence-corrected chi connectivity index (χ2v) is 6.81. The fourth-order valence-electron chi connectivity index (χ4n) is 3.37. The predicted molar refractivity (Wildman–Crippen MR) is 106 cm³/mol. The van der Waals surface area contributed by atoms with Crippen molar-refractivity contribution in [3.63, 3.8) is 0 Å². The predicted octanol–water partition coefficient (Wildman–Crippen LogP) is 6.20.